The highest BCUT2D eigenvalue weighted by Crippen LogP contribution is 2.29. The van der Waals surface area contributed by atoms with Crippen LogP contribution in [-0.2, 0) is 6.54 Å². The third-order valence-electron chi connectivity index (χ3n) is 4.52. The van der Waals surface area contributed by atoms with Gasteiger partial charge in [-0.3, -0.25) is 4.79 Å². The zero-order chi connectivity index (χ0) is 18.8. The number of carbonyl (C=O) groups is 1. The first kappa shape index (κ1) is 18.2. The number of rotatable bonds is 5. The van der Waals surface area contributed by atoms with Crippen molar-refractivity contribution in [2.45, 2.75) is 53.5 Å². The number of aromatic nitrogens is 1. The van der Waals surface area contributed by atoms with E-state index in [2.05, 4.69) is 59.7 Å². The lowest BCUT2D eigenvalue weighted by atomic mass is 10.1. The van der Waals surface area contributed by atoms with Gasteiger partial charge in [0.2, 0.25) is 0 Å². The average molecular weight is 352 g/mol. The van der Waals surface area contributed by atoms with E-state index < -0.39 is 6.29 Å². The molecule has 1 aliphatic rings. The fraction of sp³-hybridized carbons (Fsp3) is 0.429. The zero-order valence-corrected chi connectivity index (χ0v) is 16.2. The van der Waals surface area contributed by atoms with E-state index in [9.17, 15) is 4.79 Å². The number of carbonyl (C=O) groups excluding carboxylic acids is 1. The van der Waals surface area contributed by atoms with Gasteiger partial charge in [-0.05, 0) is 44.9 Å². The number of benzene rings is 1. The SMILES string of the molecule is Cc1ccc(C(=O)NC2N=Cc3ccn(CC(C)C)c3N2C(C)C)cc1. The minimum absolute atomic E-state index is 0.108. The lowest BCUT2D eigenvalue weighted by Crippen LogP contribution is -2.52. The summed E-state index contributed by atoms with van der Waals surface area (Å²) in [6, 6.07) is 9.90. The Morgan fingerprint density at radius 2 is 1.85 bits per heavy atom. The van der Waals surface area contributed by atoms with Crippen molar-refractivity contribution in [2.24, 2.45) is 10.9 Å². The van der Waals surface area contributed by atoms with Gasteiger partial charge in [-0.25, -0.2) is 4.99 Å². The second kappa shape index (κ2) is 7.36. The molecule has 1 aliphatic heterocycles. The van der Waals surface area contributed by atoms with Gasteiger partial charge in [0.25, 0.3) is 5.91 Å². The topological polar surface area (TPSA) is 49.6 Å². The maximum Gasteiger partial charge on any atom is 0.254 e. The second-order valence-electron chi connectivity index (χ2n) is 7.63. The van der Waals surface area contributed by atoms with Crippen molar-refractivity contribution >= 4 is 17.9 Å². The van der Waals surface area contributed by atoms with Crippen LogP contribution < -0.4 is 10.2 Å². The van der Waals surface area contributed by atoms with Gasteiger partial charge in [-0.2, -0.15) is 0 Å². The van der Waals surface area contributed by atoms with Crippen LogP contribution in [0.3, 0.4) is 0 Å². The lowest BCUT2D eigenvalue weighted by molar-refractivity contribution is 0.0935. The molecule has 138 valence electrons. The Morgan fingerprint density at radius 3 is 2.46 bits per heavy atom. The Balaban J connectivity index is 1.87. The van der Waals surface area contributed by atoms with Crippen LogP contribution in [0.2, 0.25) is 0 Å². The van der Waals surface area contributed by atoms with Crippen molar-refractivity contribution in [1.82, 2.24) is 9.88 Å². The van der Waals surface area contributed by atoms with Crippen molar-refractivity contribution in [3.05, 3.63) is 53.2 Å². The molecule has 1 unspecified atom stereocenters. The molecule has 1 aromatic carbocycles. The lowest BCUT2D eigenvalue weighted by Gasteiger charge is -2.38. The van der Waals surface area contributed by atoms with E-state index in [1.165, 1.54) is 0 Å². The Kier molecular flexibility index (Phi) is 5.16. The number of fused-ring (bicyclic) bond motifs is 1. The first-order chi connectivity index (χ1) is 12.4. The molecular formula is C21H28N4O. The van der Waals surface area contributed by atoms with Gasteiger partial charge in [0.05, 0.1) is 0 Å². The molecule has 0 spiro atoms. The normalized spacial score (nSPS) is 16.3. The molecule has 0 saturated carbocycles. The van der Waals surface area contributed by atoms with E-state index in [-0.39, 0.29) is 11.9 Å². The maximum absolute atomic E-state index is 12.7. The second-order valence-corrected chi connectivity index (χ2v) is 7.63. The Hall–Kier alpha value is -2.56. The van der Waals surface area contributed by atoms with Crippen molar-refractivity contribution in [2.75, 3.05) is 4.90 Å². The number of amides is 1. The summed E-state index contributed by atoms with van der Waals surface area (Å²) in [5.41, 5.74) is 2.88. The van der Waals surface area contributed by atoms with Gasteiger partial charge in [-0.1, -0.05) is 31.5 Å². The van der Waals surface area contributed by atoms with Crippen LogP contribution in [0.5, 0.6) is 0 Å². The number of nitrogens with one attached hydrogen (secondary N) is 1. The molecule has 0 bridgehead atoms. The largest absolute Gasteiger partial charge is 0.334 e. The van der Waals surface area contributed by atoms with E-state index in [4.69, 9.17) is 0 Å². The van der Waals surface area contributed by atoms with Crippen molar-refractivity contribution in [1.29, 1.82) is 0 Å². The molecule has 5 nitrogen and oxygen atoms in total. The summed E-state index contributed by atoms with van der Waals surface area (Å²) in [6.45, 7) is 11.6. The molecule has 0 aliphatic carbocycles. The zero-order valence-electron chi connectivity index (χ0n) is 16.2. The molecule has 26 heavy (non-hydrogen) atoms. The molecule has 1 N–H and O–H groups in total. The summed E-state index contributed by atoms with van der Waals surface area (Å²) in [5.74, 6) is 1.56. The number of aryl methyl sites for hydroxylation is 1. The summed E-state index contributed by atoms with van der Waals surface area (Å²) in [7, 11) is 0. The number of hydrogen-bond acceptors (Lipinski definition) is 3. The standard InChI is InChI=1S/C21H28N4O/c1-14(2)13-24-11-10-18-12-22-21(25(15(3)4)20(18)24)23-19(26)17-8-6-16(5)7-9-17/h6-12,14-15,21H,13H2,1-5H3,(H,23,26). The molecule has 2 heterocycles. The molecule has 1 atom stereocenters. The summed E-state index contributed by atoms with van der Waals surface area (Å²) in [6.07, 6.45) is 3.57. The first-order valence-corrected chi connectivity index (χ1v) is 9.25. The molecule has 0 saturated heterocycles. The van der Waals surface area contributed by atoms with Crippen LogP contribution in [0.25, 0.3) is 0 Å². The van der Waals surface area contributed by atoms with Gasteiger partial charge >= 0.3 is 0 Å². The van der Waals surface area contributed by atoms with Gasteiger partial charge in [0.15, 0.2) is 6.29 Å². The summed E-state index contributed by atoms with van der Waals surface area (Å²) in [4.78, 5) is 19.5. The van der Waals surface area contributed by atoms with E-state index in [0.29, 0.717) is 11.5 Å². The van der Waals surface area contributed by atoms with Gasteiger partial charge in [-0.15, -0.1) is 0 Å². The van der Waals surface area contributed by atoms with Crippen LogP contribution >= 0.6 is 0 Å². The molecular weight excluding hydrogens is 324 g/mol. The maximum atomic E-state index is 12.7. The minimum atomic E-state index is -0.405. The molecule has 1 aromatic heterocycles. The molecule has 0 fully saturated rings. The third kappa shape index (κ3) is 3.66. The molecule has 1 amide bonds. The number of nitrogens with zero attached hydrogens (tertiary/aromatic N) is 3. The summed E-state index contributed by atoms with van der Waals surface area (Å²) in [5, 5.41) is 3.07. The van der Waals surface area contributed by atoms with Crippen LogP contribution in [0.1, 0.15) is 49.2 Å². The van der Waals surface area contributed by atoms with Gasteiger partial charge < -0.3 is 14.8 Å². The Morgan fingerprint density at radius 1 is 1.15 bits per heavy atom. The van der Waals surface area contributed by atoms with Crippen LogP contribution in [0, 0.1) is 12.8 Å². The van der Waals surface area contributed by atoms with Crippen LogP contribution in [0.15, 0.2) is 41.5 Å². The molecule has 2 aromatic rings. The highest BCUT2D eigenvalue weighted by molar-refractivity contribution is 5.95. The van der Waals surface area contributed by atoms with Gasteiger partial charge in [0.1, 0.15) is 5.82 Å². The molecule has 3 rings (SSSR count). The highest BCUT2D eigenvalue weighted by atomic mass is 16.2. The van der Waals surface area contributed by atoms with Crippen molar-refractivity contribution in [3.8, 4) is 0 Å². The Bertz CT molecular complexity index is 802. The van der Waals surface area contributed by atoms with Gasteiger partial charge in [0, 0.05) is 36.1 Å². The van der Waals surface area contributed by atoms with Crippen molar-refractivity contribution in [3.63, 3.8) is 0 Å². The van der Waals surface area contributed by atoms with Crippen LogP contribution in [0.4, 0.5) is 5.82 Å². The average Bonchev–Trinajstić information content (AvgIpc) is 2.97. The number of aliphatic imine (C=N–C) groups is 1. The highest BCUT2D eigenvalue weighted by Gasteiger charge is 2.30. The molecule has 0 radical (unpaired) electrons. The summed E-state index contributed by atoms with van der Waals surface area (Å²) < 4.78 is 2.26. The van der Waals surface area contributed by atoms with E-state index in [1.54, 1.807) is 0 Å². The van der Waals surface area contributed by atoms with E-state index in [1.807, 2.05) is 37.4 Å². The summed E-state index contributed by atoms with van der Waals surface area (Å²) >= 11 is 0. The quantitative estimate of drug-likeness (QED) is 0.889. The first-order valence-electron chi connectivity index (χ1n) is 9.25. The van der Waals surface area contributed by atoms with E-state index >= 15 is 0 Å². The molecule has 5 heteroatoms. The monoisotopic (exact) mass is 352 g/mol. The predicted molar refractivity (Wildman–Crippen MR) is 107 cm³/mol. The minimum Gasteiger partial charge on any atom is -0.334 e. The number of anilines is 1. The number of hydrogen-bond donors (Lipinski definition) is 1. The fourth-order valence-electron chi connectivity index (χ4n) is 3.30. The van der Waals surface area contributed by atoms with Crippen LogP contribution in [-0.4, -0.2) is 29.0 Å². The predicted octanol–water partition coefficient (Wildman–Crippen LogP) is 3.81. The van der Waals surface area contributed by atoms with E-state index in [0.717, 1.165) is 23.5 Å². The fourth-order valence-corrected chi connectivity index (χ4v) is 3.30. The Labute approximate surface area is 155 Å². The van der Waals surface area contributed by atoms with Crippen molar-refractivity contribution < 1.29 is 4.79 Å². The smallest absolute Gasteiger partial charge is 0.254 e. The third-order valence-corrected chi connectivity index (χ3v) is 4.52.